The molecular formula is C16H14ClF4N3O4S. The minimum atomic E-state index is -5.08. The quantitative estimate of drug-likeness (QED) is 0.394. The maximum Gasteiger partial charge on any atom is 0.433 e. The third-order valence-electron chi connectivity index (χ3n) is 3.77. The molecule has 1 heterocycles. The Morgan fingerprint density at radius 1 is 1.31 bits per heavy atom. The maximum absolute atomic E-state index is 14.4. The first-order chi connectivity index (χ1) is 13.4. The number of hydrogen-bond donors (Lipinski definition) is 2. The van der Waals surface area contributed by atoms with Crippen LogP contribution in [-0.2, 0) is 11.0 Å². The van der Waals surface area contributed by atoms with Crippen molar-refractivity contribution in [2.45, 2.75) is 36.1 Å². The maximum atomic E-state index is 14.4. The largest absolute Gasteiger partial charge is 0.480 e. The van der Waals surface area contributed by atoms with E-state index in [0.717, 1.165) is 23.9 Å². The fourth-order valence-corrected chi connectivity index (χ4v) is 3.82. The summed E-state index contributed by atoms with van der Waals surface area (Å²) in [5.41, 5.74) is -5.52. The molecule has 0 spiro atoms. The summed E-state index contributed by atoms with van der Waals surface area (Å²) >= 11 is 6.69. The Kier molecular flexibility index (Phi) is 6.68. The van der Waals surface area contributed by atoms with Crippen molar-refractivity contribution >= 4 is 29.3 Å². The summed E-state index contributed by atoms with van der Waals surface area (Å²) in [5.74, 6) is 2.81. The summed E-state index contributed by atoms with van der Waals surface area (Å²) in [4.78, 5) is 35.7. The van der Waals surface area contributed by atoms with E-state index in [2.05, 4.69) is 0 Å². The van der Waals surface area contributed by atoms with E-state index < -0.39 is 45.8 Å². The number of carboxylic acid groups (broad SMARTS) is 1. The van der Waals surface area contributed by atoms with Crippen molar-refractivity contribution in [3.63, 3.8) is 0 Å². The minimum absolute atomic E-state index is 0.0266. The first kappa shape index (κ1) is 22.8. The molecule has 13 heteroatoms. The number of carbonyl (C=O) groups is 1. The van der Waals surface area contributed by atoms with E-state index in [-0.39, 0.29) is 31.6 Å². The fourth-order valence-electron chi connectivity index (χ4n) is 2.42. The van der Waals surface area contributed by atoms with Crippen LogP contribution < -0.4 is 17.1 Å². The number of nitrogens with zero attached hydrogens (tertiary/aromatic N) is 2. The number of thioether (sulfide) groups is 1. The predicted octanol–water partition coefficient (Wildman–Crippen LogP) is 2.87. The summed E-state index contributed by atoms with van der Waals surface area (Å²) < 4.78 is 52.9. The zero-order valence-electron chi connectivity index (χ0n) is 14.7. The molecule has 1 unspecified atom stereocenters. The second-order valence-electron chi connectivity index (χ2n) is 5.82. The summed E-state index contributed by atoms with van der Waals surface area (Å²) in [6, 6.07) is 1.71. The number of aromatic nitrogens is 2. The highest BCUT2D eigenvalue weighted by molar-refractivity contribution is 8.00. The molecule has 1 aromatic heterocycles. The summed E-state index contributed by atoms with van der Waals surface area (Å²) in [6.45, 7) is 1.75. The van der Waals surface area contributed by atoms with Crippen molar-refractivity contribution < 1.29 is 27.5 Å². The normalized spacial score (nSPS) is 12.8. The number of aliphatic carboxylic acids is 1. The van der Waals surface area contributed by atoms with E-state index in [1.165, 1.54) is 0 Å². The van der Waals surface area contributed by atoms with Crippen LogP contribution in [0.1, 0.15) is 25.5 Å². The Hall–Kier alpha value is -2.47. The number of alkyl halides is 3. The van der Waals surface area contributed by atoms with E-state index in [0.29, 0.717) is 6.42 Å². The van der Waals surface area contributed by atoms with Crippen LogP contribution in [-0.4, -0.2) is 25.6 Å². The topological polar surface area (TPSA) is 107 Å². The molecule has 29 heavy (non-hydrogen) atoms. The van der Waals surface area contributed by atoms with Gasteiger partial charge in [-0.2, -0.15) is 13.2 Å². The van der Waals surface area contributed by atoms with Crippen LogP contribution in [0.25, 0.3) is 5.69 Å². The van der Waals surface area contributed by atoms with E-state index in [4.69, 9.17) is 17.4 Å². The van der Waals surface area contributed by atoms with Crippen molar-refractivity contribution in [2.24, 2.45) is 0 Å². The highest BCUT2D eigenvalue weighted by atomic mass is 35.5. The van der Waals surface area contributed by atoms with E-state index in [9.17, 15) is 37.1 Å². The van der Waals surface area contributed by atoms with Crippen molar-refractivity contribution in [1.29, 1.82) is 0 Å². The smallest absolute Gasteiger partial charge is 0.433 e. The Balaban J connectivity index is 2.68. The molecule has 0 fully saturated rings. The molecule has 0 amide bonds. The molecular weight excluding hydrogens is 442 g/mol. The summed E-state index contributed by atoms with van der Waals surface area (Å²) in [5, 5.41) is 8.12. The molecule has 1 atom stereocenters. The molecule has 0 saturated carbocycles. The molecule has 158 valence electrons. The van der Waals surface area contributed by atoms with Crippen molar-refractivity contribution in [3.8, 4) is 5.69 Å². The molecule has 0 saturated heterocycles. The average molecular weight is 456 g/mol. The molecule has 0 radical (unpaired) electrons. The van der Waals surface area contributed by atoms with Gasteiger partial charge in [0.25, 0.3) is 5.56 Å². The first-order valence-electron chi connectivity index (χ1n) is 7.98. The van der Waals surface area contributed by atoms with E-state index in [1.807, 2.05) is 0 Å². The third-order valence-corrected chi connectivity index (χ3v) is 5.50. The second kappa shape index (κ2) is 8.49. The van der Waals surface area contributed by atoms with Gasteiger partial charge < -0.3 is 10.9 Å². The van der Waals surface area contributed by atoms with Gasteiger partial charge in [-0.15, -0.1) is 11.8 Å². The third kappa shape index (κ3) is 4.75. The molecule has 0 bridgehead atoms. The first-order valence-corrected chi connectivity index (χ1v) is 9.24. The summed E-state index contributed by atoms with van der Waals surface area (Å²) in [6.07, 6.45) is -4.31. The Labute approximate surface area is 169 Å². The van der Waals surface area contributed by atoms with Crippen LogP contribution in [0.3, 0.4) is 0 Å². The van der Waals surface area contributed by atoms with E-state index in [1.54, 1.807) is 6.92 Å². The van der Waals surface area contributed by atoms with Crippen LogP contribution in [0.4, 0.5) is 17.6 Å². The molecule has 2 aromatic rings. The Morgan fingerprint density at radius 3 is 2.45 bits per heavy atom. The number of hydrogen-bond acceptors (Lipinski definition) is 5. The monoisotopic (exact) mass is 455 g/mol. The van der Waals surface area contributed by atoms with Crippen LogP contribution in [0.2, 0.25) is 5.02 Å². The Bertz CT molecular complexity index is 1070. The molecule has 1 aromatic carbocycles. The van der Waals surface area contributed by atoms with Gasteiger partial charge in [0.05, 0.1) is 10.7 Å². The van der Waals surface area contributed by atoms with Gasteiger partial charge in [-0.3, -0.25) is 9.59 Å². The Morgan fingerprint density at radius 2 is 1.93 bits per heavy atom. The average Bonchev–Trinajstić information content (AvgIpc) is 2.60. The molecule has 7 nitrogen and oxygen atoms in total. The fraction of sp³-hybridized carbons (Fsp3) is 0.312. The van der Waals surface area contributed by atoms with Gasteiger partial charge in [0.2, 0.25) is 0 Å². The van der Waals surface area contributed by atoms with Crippen molar-refractivity contribution in [3.05, 3.63) is 55.6 Å². The van der Waals surface area contributed by atoms with Crippen LogP contribution in [0, 0.1) is 5.82 Å². The van der Waals surface area contributed by atoms with Crippen LogP contribution in [0.15, 0.2) is 32.7 Å². The van der Waals surface area contributed by atoms with Crippen molar-refractivity contribution in [1.82, 2.24) is 9.24 Å². The molecule has 0 aliphatic heterocycles. The lowest BCUT2D eigenvalue weighted by Gasteiger charge is -2.16. The van der Waals surface area contributed by atoms with Crippen molar-refractivity contribution in [2.75, 3.05) is 5.84 Å². The molecule has 0 aliphatic carbocycles. The van der Waals surface area contributed by atoms with Gasteiger partial charge in [-0.25, -0.2) is 18.4 Å². The molecule has 2 rings (SSSR count). The molecule has 0 aliphatic rings. The lowest BCUT2D eigenvalue weighted by Crippen LogP contribution is -2.45. The lowest BCUT2D eigenvalue weighted by atomic mass is 10.2. The highest BCUT2D eigenvalue weighted by Crippen LogP contribution is 2.35. The molecule has 3 N–H and O–H groups in total. The van der Waals surface area contributed by atoms with Gasteiger partial charge in [0, 0.05) is 11.0 Å². The van der Waals surface area contributed by atoms with Gasteiger partial charge in [0.15, 0.2) is 5.69 Å². The predicted molar refractivity (Wildman–Crippen MR) is 98.6 cm³/mol. The number of rotatable bonds is 6. The SMILES string of the molecule is CCCC(Sc1cc(-n2c(=O)cc(C(F)(F)F)n(N)c2=O)c(F)cc1Cl)C(=O)O. The number of nitrogen functional groups attached to an aromatic ring is 1. The number of halogens is 5. The number of nitrogens with two attached hydrogens (primary N) is 1. The van der Waals surface area contributed by atoms with Gasteiger partial charge in [0.1, 0.15) is 11.1 Å². The zero-order valence-corrected chi connectivity index (χ0v) is 16.2. The second-order valence-corrected chi connectivity index (χ2v) is 7.47. The standard InChI is InChI=1S/C16H14ClF4N3O4S/c1-2-3-10(14(26)27)29-11-5-9(8(18)4-7(11)17)23-13(25)6-12(16(19,20)21)24(22)15(23)28/h4-6,10H,2-3,22H2,1H3,(H,26,27). The van der Waals surface area contributed by atoms with Gasteiger partial charge >= 0.3 is 17.8 Å². The number of benzene rings is 1. The number of carboxylic acids is 1. The van der Waals surface area contributed by atoms with E-state index >= 15 is 0 Å². The minimum Gasteiger partial charge on any atom is -0.480 e. The van der Waals surface area contributed by atoms with Crippen LogP contribution in [0.5, 0.6) is 0 Å². The summed E-state index contributed by atoms with van der Waals surface area (Å²) in [7, 11) is 0. The zero-order chi connectivity index (χ0) is 22.1. The van der Waals surface area contributed by atoms with Crippen LogP contribution >= 0.6 is 23.4 Å². The van der Waals surface area contributed by atoms with Gasteiger partial charge in [-0.05, 0) is 18.6 Å². The lowest BCUT2D eigenvalue weighted by molar-refractivity contribution is -0.143. The van der Waals surface area contributed by atoms with Gasteiger partial charge in [-0.1, -0.05) is 24.9 Å². The highest BCUT2D eigenvalue weighted by Gasteiger charge is 2.36.